The van der Waals surface area contributed by atoms with Gasteiger partial charge in [-0.1, -0.05) is 0 Å². The first kappa shape index (κ1) is 19.7. The molecule has 4 aromatic heterocycles. The van der Waals surface area contributed by atoms with Gasteiger partial charge in [-0.3, -0.25) is 0 Å². The minimum Gasteiger partial charge on any atom is -0.479 e. The van der Waals surface area contributed by atoms with Crippen molar-refractivity contribution < 1.29 is 4.74 Å². The smallest absolute Gasteiger partial charge is 0.238 e. The molecule has 0 fully saturated rings. The number of anilines is 2. The summed E-state index contributed by atoms with van der Waals surface area (Å²) in [4.78, 5) is 13.8. The van der Waals surface area contributed by atoms with E-state index in [1.54, 1.807) is 24.8 Å². The number of hydrogen-bond acceptors (Lipinski definition) is 7. The Kier molecular flexibility index (Phi) is 5.19. The number of ether oxygens (including phenoxy) is 1. The molecule has 0 saturated heterocycles. The van der Waals surface area contributed by atoms with Gasteiger partial charge in [0.1, 0.15) is 17.2 Å². The Hall–Kier alpha value is -3.20. The van der Waals surface area contributed by atoms with E-state index in [0.29, 0.717) is 5.88 Å². The van der Waals surface area contributed by atoms with E-state index in [0.717, 1.165) is 53.1 Å². The zero-order valence-corrected chi connectivity index (χ0v) is 18.7. The predicted molar refractivity (Wildman–Crippen MR) is 122 cm³/mol. The van der Waals surface area contributed by atoms with E-state index in [4.69, 9.17) is 14.8 Å². The van der Waals surface area contributed by atoms with Crippen LogP contribution in [0.2, 0.25) is 0 Å². The van der Waals surface area contributed by atoms with Gasteiger partial charge in [0, 0.05) is 23.7 Å². The third-order valence-corrected chi connectivity index (χ3v) is 6.30. The maximum absolute atomic E-state index is 5.54. The van der Waals surface area contributed by atoms with Gasteiger partial charge in [0.2, 0.25) is 5.88 Å². The Morgan fingerprint density at radius 1 is 1.16 bits per heavy atom. The van der Waals surface area contributed by atoms with Crippen LogP contribution >= 0.6 is 11.3 Å². The standard InChI is InChI=1S/C22H25N7OS/c1-4-29-20(15-7-5-6-8-16(15)27-29)26-22-25-18(12-31-22)17-9-10-19(21(24-17)30-3)28-11-14(2)23-13-28/h9-13H,4-8H2,1-3H3,(H,25,26). The molecule has 5 rings (SSSR count). The molecule has 4 heterocycles. The number of nitrogens with zero attached hydrogens (tertiary/aromatic N) is 6. The van der Waals surface area contributed by atoms with Crippen LogP contribution in [0.25, 0.3) is 17.1 Å². The average molecular weight is 436 g/mol. The second-order valence-electron chi connectivity index (χ2n) is 7.61. The number of hydrogen-bond donors (Lipinski definition) is 1. The maximum atomic E-state index is 5.54. The summed E-state index contributed by atoms with van der Waals surface area (Å²) in [5, 5.41) is 11.2. The van der Waals surface area contributed by atoms with Crippen molar-refractivity contribution >= 4 is 22.3 Å². The molecule has 0 aliphatic heterocycles. The van der Waals surface area contributed by atoms with E-state index in [2.05, 4.69) is 26.9 Å². The van der Waals surface area contributed by atoms with Crippen molar-refractivity contribution in [3.8, 4) is 23.0 Å². The fraction of sp³-hybridized carbons (Fsp3) is 0.364. The van der Waals surface area contributed by atoms with Crippen LogP contribution in [0, 0.1) is 6.92 Å². The molecule has 1 aliphatic rings. The highest BCUT2D eigenvalue weighted by atomic mass is 32.1. The molecule has 160 valence electrons. The Bertz CT molecular complexity index is 1220. The Morgan fingerprint density at radius 2 is 2.03 bits per heavy atom. The summed E-state index contributed by atoms with van der Waals surface area (Å²) in [6, 6.07) is 3.95. The quantitative estimate of drug-likeness (QED) is 0.479. The number of nitrogens with one attached hydrogen (secondary N) is 1. The minimum atomic E-state index is 0.538. The van der Waals surface area contributed by atoms with Crippen LogP contribution in [0.5, 0.6) is 5.88 Å². The van der Waals surface area contributed by atoms with Crippen molar-refractivity contribution in [2.45, 2.75) is 46.1 Å². The van der Waals surface area contributed by atoms with Crippen molar-refractivity contribution in [1.82, 2.24) is 29.3 Å². The fourth-order valence-electron chi connectivity index (χ4n) is 4.00. The van der Waals surface area contributed by atoms with Gasteiger partial charge in [-0.15, -0.1) is 11.3 Å². The van der Waals surface area contributed by atoms with Crippen LogP contribution in [0.1, 0.15) is 36.7 Å². The summed E-state index contributed by atoms with van der Waals surface area (Å²) < 4.78 is 9.51. The van der Waals surface area contributed by atoms with E-state index in [1.807, 2.05) is 35.2 Å². The Balaban J connectivity index is 1.43. The predicted octanol–water partition coefficient (Wildman–Crippen LogP) is 4.55. The van der Waals surface area contributed by atoms with Gasteiger partial charge >= 0.3 is 0 Å². The number of aryl methyl sites for hydroxylation is 3. The van der Waals surface area contributed by atoms with Gasteiger partial charge in [-0.05, 0) is 51.7 Å². The fourth-order valence-corrected chi connectivity index (χ4v) is 4.70. The molecule has 8 nitrogen and oxygen atoms in total. The van der Waals surface area contributed by atoms with Crippen LogP contribution in [0.3, 0.4) is 0 Å². The lowest BCUT2D eigenvalue weighted by molar-refractivity contribution is 0.396. The molecular weight excluding hydrogens is 410 g/mol. The number of aromatic nitrogens is 6. The minimum absolute atomic E-state index is 0.538. The molecule has 1 aliphatic carbocycles. The molecule has 0 aromatic carbocycles. The number of imidazole rings is 1. The Morgan fingerprint density at radius 3 is 2.81 bits per heavy atom. The summed E-state index contributed by atoms with van der Waals surface area (Å²) in [7, 11) is 1.63. The molecule has 0 spiro atoms. The zero-order valence-electron chi connectivity index (χ0n) is 17.9. The van der Waals surface area contributed by atoms with E-state index in [9.17, 15) is 0 Å². The highest BCUT2D eigenvalue weighted by Crippen LogP contribution is 2.33. The number of fused-ring (bicyclic) bond motifs is 1. The second kappa shape index (κ2) is 8.14. The van der Waals surface area contributed by atoms with Gasteiger partial charge in [-0.25, -0.2) is 19.6 Å². The lowest BCUT2D eigenvalue weighted by Crippen LogP contribution is -2.05. The summed E-state index contributed by atoms with van der Waals surface area (Å²) >= 11 is 1.57. The summed E-state index contributed by atoms with van der Waals surface area (Å²) in [5.41, 5.74) is 5.94. The molecule has 0 bridgehead atoms. The average Bonchev–Trinajstić information content (AvgIpc) is 3.52. The molecular formula is C22H25N7OS. The maximum Gasteiger partial charge on any atom is 0.238 e. The molecule has 31 heavy (non-hydrogen) atoms. The number of methoxy groups -OCH3 is 1. The van der Waals surface area contributed by atoms with Gasteiger partial charge in [-0.2, -0.15) is 5.10 Å². The van der Waals surface area contributed by atoms with Crippen LogP contribution in [0.15, 0.2) is 30.0 Å². The van der Waals surface area contributed by atoms with Crippen molar-refractivity contribution in [3.05, 3.63) is 47.0 Å². The first-order chi connectivity index (χ1) is 15.2. The van der Waals surface area contributed by atoms with Gasteiger partial charge in [0.05, 0.1) is 30.5 Å². The van der Waals surface area contributed by atoms with Crippen LogP contribution in [0.4, 0.5) is 10.9 Å². The Labute approximate surface area is 185 Å². The molecule has 1 N–H and O–H groups in total. The van der Waals surface area contributed by atoms with E-state index in [1.165, 1.54) is 24.1 Å². The number of rotatable bonds is 6. The molecule has 0 atom stereocenters. The van der Waals surface area contributed by atoms with Crippen molar-refractivity contribution in [1.29, 1.82) is 0 Å². The normalized spacial score (nSPS) is 13.3. The largest absolute Gasteiger partial charge is 0.479 e. The summed E-state index contributed by atoms with van der Waals surface area (Å²) in [6.45, 7) is 4.91. The summed E-state index contributed by atoms with van der Waals surface area (Å²) in [5.74, 6) is 1.62. The third kappa shape index (κ3) is 3.69. The lowest BCUT2D eigenvalue weighted by Gasteiger charge is -2.12. The molecule has 4 aromatic rings. The van der Waals surface area contributed by atoms with Crippen molar-refractivity contribution in [2.75, 3.05) is 12.4 Å². The second-order valence-corrected chi connectivity index (χ2v) is 8.46. The summed E-state index contributed by atoms with van der Waals surface area (Å²) in [6.07, 6.45) is 8.28. The van der Waals surface area contributed by atoms with Crippen molar-refractivity contribution in [3.63, 3.8) is 0 Å². The molecule has 0 unspecified atom stereocenters. The third-order valence-electron chi connectivity index (χ3n) is 5.54. The highest BCUT2D eigenvalue weighted by Gasteiger charge is 2.21. The highest BCUT2D eigenvalue weighted by molar-refractivity contribution is 7.14. The first-order valence-electron chi connectivity index (χ1n) is 10.5. The van der Waals surface area contributed by atoms with Crippen LogP contribution in [-0.4, -0.2) is 36.4 Å². The van der Waals surface area contributed by atoms with Crippen LogP contribution < -0.4 is 10.1 Å². The van der Waals surface area contributed by atoms with Gasteiger partial charge in [0.25, 0.3) is 0 Å². The SMILES string of the molecule is CCn1nc2c(c1Nc1nc(-c3ccc(-n4cnc(C)c4)c(OC)n3)cs1)CCCC2. The first-order valence-corrected chi connectivity index (χ1v) is 11.4. The molecule has 9 heteroatoms. The lowest BCUT2D eigenvalue weighted by atomic mass is 9.97. The van der Waals surface area contributed by atoms with E-state index >= 15 is 0 Å². The molecule has 0 amide bonds. The molecule has 0 saturated carbocycles. The monoisotopic (exact) mass is 435 g/mol. The zero-order chi connectivity index (χ0) is 21.4. The number of thiazole rings is 1. The van der Waals surface area contributed by atoms with E-state index in [-0.39, 0.29) is 0 Å². The van der Waals surface area contributed by atoms with Crippen LogP contribution in [-0.2, 0) is 19.4 Å². The molecule has 0 radical (unpaired) electrons. The van der Waals surface area contributed by atoms with Gasteiger partial charge < -0.3 is 14.6 Å². The topological polar surface area (TPSA) is 82.7 Å². The van der Waals surface area contributed by atoms with E-state index < -0.39 is 0 Å². The van der Waals surface area contributed by atoms with Crippen molar-refractivity contribution in [2.24, 2.45) is 0 Å². The van der Waals surface area contributed by atoms with Gasteiger partial charge in [0.15, 0.2) is 5.13 Å². The number of pyridine rings is 1.